The van der Waals surface area contributed by atoms with Gasteiger partial charge < -0.3 is 20.7 Å². The molecule has 0 aromatic heterocycles. The zero-order valence-corrected chi connectivity index (χ0v) is 15.7. The Morgan fingerprint density at radius 1 is 1.32 bits per heavy atom. The number of anilines is 1. The minimum absolute atomic E-state index is 0.119. The quantitative estimate of drug-likeness (QED) is 0.524. The molecular formula is C19H30N4O2. The molecular weight excluding hydrogens is 316 g/mol. The highest BCUT2D eigenvalue weighted by atomic mass is 16.5. The minimum Gasteiger partial charge on any atom is -0.495 e. The zero-order valence-electron chi connectivity index (χ0n) is 15.7. The third kappa shape index (κ3) is 5.11. The van der Waals surface area contributed by atoms with Gasteiger partial charge in [-0.15, -0.1) is 0 Å². The second kappa shape index (κ2) is 8.74. The van der Waals surface area contributed by atoms with Gasteiger partial charge in [0.2, 0.25) is 5.91 Å². The summed E-state index contributed by atoms with van der Waals surface area (Å²) in [7, 11) is 3.37. The molecule has 0 bridgehead atoms. The summed E-state index contributed by atoms with van der Waals surface area (Å²) < 4.78 is 5.28. The number of hydrogen-bond acceptors (Lipinski definition) is 3. The Bertz CT molecular complexity index is 618. The number of benzene rings is 1. The summed E-state index contributed by atoms with van der Waals surface area (Å²) in [6.07, 6.45) is 5.13. The highest BCUT2D eigenvalue weighted by Gasteiger charge is 2.34. The fraction of sp³-hybridized carbons (Fsp3) is 0.579. The van der Waals surface area contributed by atoms with Gasteiger partial charge in [-0.2, -0.15) is 0 Å². The lowest BCUT2D eigenvalue weighted by molar-refractivity contribution is -0.114. The van der Waals surface area contributed by atoms with E-state index in [1.807, 2.05) is 18.2 Å². The summed E-state index contributed by atoms with van der Waals surface area (Å²) in [5.74, 6) is 1.33. The van der Waals surface area contributed by atoms with Gasteiger partial charge in [0, 0.05) is 27.1 Å². The molecule has 1 amide bonds. The predicted molar refractivity (Wildman–Crippen MR) is 102 cm³/mol. The van der Waals surface area contributed by atoms with Gasteiger partial charge in [-0.1, -0.05) is 19.4 Å². The second-order valence-electron chi connectivity index (χ2n) is 6.70. The van der Waals surface area contributed by atoms with Crippen LogP contribution in [-0.4, -0.2) is 32.6 Å². The number of nitrogens with zero attached hydrogens (tertiary/aromatic N) is 1. The fourth-order valence-corrected chi connectivity index (χ4v) is 3.16. The number of amides is 1. The molecule has 1 fully saturated rings. The molecule has 25 heavy (non-hydrogen) atoms. The Labute approximate surface area is 150 Å². The topological polar surface area (TPSA) is 74.8 Å². The predicted octanol–water partition coefficient (Wildman–Crippen LogP) is 2.90. The van der Waals surface area contributed by atoms with Crippen LogP contribution in [-0.2, 0) is 11.3 Å². The van der Waals surface area contributed by atoms with Crippen LogP contribution in [0, 0.1) is 5.41 Å². The van der Waals surface area contributed by atoms with Crippen molar-refractivity contribution in [2.45, 2.75) is 46.1 Å². The van der Waals surface area contributed by atoms with Crippen LogP contribution in [0.2, 0.25) is 0 Å². The van der Waals surface area contributed by atoms with E-state index < -0.39 is 0 Å². The van der Waals surface area contributed by atoms with Crippen LogP contribution in [0.25, 0.3) is 0 Å². The molecule has 1 aromatic rings. The van der Waals surface area contributed by atoms with Crippen LogP contribution in [0.1, 0.15) is 45.1 Å². The number of guanidine groups is 1. The Morgan fingerprint density at radius 2 is 2.08 bits per heavy atom. The third-order valence-electron chi connectivity index (χ3n) is 5.05. The van der Waals surface area contributed by atoms with Gasteiger partial charge in [0.05, 0.1) is 12.8 Å². The van der Waals surface area contributed by atoms with Crippen molar-refractivity contribution in [3.8, 4) is 5.75 Å². The van der Waals surface area contributed by atoms with Crippen molar-refractivity contribution in [1.82, 2.24) is 10.6 Å². The number of rotatable bonds is 7. The maximum atomic E-state index is 11.3. The molecule has 0 aliphatic heterocycles. The molecule has 3 N–H and O–H groups in total. The molecule has 1 aliphatic carbocycles. The number of ether oxygens (including phenoxy) is 1. The van der Waals surface area contributed by atoms with Crippen LogP contribution in [0.4, 0.5) is 5.69 Å². The average molecular weight is 346 g/mol. The van der Waals surface area contributed by atoms with Gasteiger partial charge >= 0.3 is 0 Å². The first-order valence-corrected chi connectivity index (χ1v) is 8.91. The zero-order chi connectivity index (χ0) is 18.3. The maximum absolute atomic E-state index is 11.3. The molecule has 6 heteroatoms. The SMILES string of the molecule is CCC1(CNC(=NC)NCc2ccc(OC)c(NC(C)=O)c2)CCC1. The number of carbonyl (C=O) groups excluding carboxylic acids is 1. The molecule has 138 valence electrons. The van der Waals surface area contributed by atoms with E-state index in [9.17, 15) is 4.79 Å². The Balaban J connectivity index is 1.93. The Hall–Kier alpha value is -2.24. The van der Waals surface area contributed by atoms with Gasteiger partial charge in [0.15, 0.2) is 5.96 Å². The first kappa shape index (κ1) is 19.1. The molecule has 0 saturated heterocycles. The summed E-state index contributed by atoms with van der Waals surface area (Å²) in [5.41, 5.74) is 2.16. The van der Waals surface area contributed by atoms with E-state index in [0.717, 1.165) is 18.1 Å². The largest absolute Gasteiger partial charge is 0.495 e. The number of methoxy groups -OCH3 is 1. The van der Waals surface area contributed by atoms with Crippen LogP contribution >= 0.6 is 0 Å². The van der Waals surface area contributed by atoms with Crippen molar-refractivity contribution < 1.29 is 9.53 Å². The van der Waals surface area contributed by atoms with Crippen LogP contribution < -0.4 is 20.7 Å². The molecule has 1 aromatic carbocycles. The summed E-state index contributed by atoms with van der Waals surface area (Å²) >= 11 is 0. The van der Waals surface area contributed by atoms with Gasteiger partial charge in [-0.25, -0.2) is 0 Å². The summed E-state index contributed by atoms with van der Waals surface area (Å²) in [4.78, 5) is 15.6. The van der Waals surface area contributed by atoms with Gasteiger partial charge in [0.1, 0.15) is 5.75 Å². The standard InChI is InChI=1S/C19H30N4O2/c1-5-19(9-6-10-19)13-22-18(20-3)21-12-15-7-8-17(25-4)16(11-15)23-14(2)24/h7-8,11H,5-6,9-10,12-13H2,1-4H3,(H,23,24)(H2,20,21,22). The highest BCUT2D eigenvalue weighted by molar-refractivity contribution is 5.90. The fourth-order valence-electron chi connectivity index (χ4n) is 3.16. The first-order chi connectivity index (χ1) is 12.0. The van der Waals surface area contributed by atoms with E-state index in [2.05, 4.69) is 27.9 Å². The molecule has 1 saturated carbocycles. The van der Waals surface area contributed by atoms with Crippen LogP contribution in [0.5, 0.6) is 5.75 Å². The summed E-state index contributed by atoms with van der Waals surface area (Å²) in [5, 5.41) is 9.58. The number of hydrogen-bond donors (Lipinski definition) is 3. The van der Waals surface area contributed by atoms with E-state index in [-0.39, 0.29) is 5.91 Å². The molecule has 0 atom stereocenters. The van der Waals surface area contributed by atoms with Gasteiger partial charge in [-0.3, -0.25) is 9.79 Å². The van der Waals surface area contributed by atoms with E-state index >= 15 is 0 Å². The highest BCUT2D eigenvalue weighted by Crippen LogP contribution is 2.42. The molecule has 2 rings (SSSR count). The van der Waals surface area contributed by atoms with Crippen molar-refractivity contribution >= 4 is 17.6 Å². The molecule has 0 radical (unpaired) electrons. The normalized spacial score (nSPS) is 15.9. The van der Waals surface area contributed by atoms with E-state index in [4.69, 9.17) is 4.74 Å². The van der Waals surface area contributed by atoms with Gasteiger partial charge in [0.25, 0.3) is 0 Å². The molecule has 0 spiro atoms. The van der Waals surface area contributed by atoms with Crippen molar-refractivity contribution in [1.29, 1.82) is 0 Å². The molecule has 0 heterocycles. The summed E-state index contributed by atoms with van der Waals surface area (Å²) in [6.45, 7) is 5.33. The minimum atomic E-state index is -0.119. The van der Waals surface area contributed by atoms with E-state index in [1.54, 1.807) is 14.2 Å². The lowest BCUT2D eigenvalue weighted by Gasteiger charge is -2.41. The van der Waals surface area contributed by atoms with Crippen molar-refractivity contribution in [2.24, 2.45) is 10.4 Å². The van der Waals surface area contributed by atoms with Crippen LogP contribution in [0.3, 0.4) is 0 Å². The lowest BCUT2D eigenvalue weighted by Crippen LogP contribution is -2.46. The maximum Gasteiger partial charge on any atom is 0.221 e. The van der Waals surface area contributed by atoms with Crippen molar-refractivity contribution in [3.63, 3.8) is 0 Å². The van der Waals surface area contributed by atoms with E-state index in [1.165, 1.54) is 32.6 Å². The van der Waals surface area contributed by atoms with Crippen molar-refractivity contribution in [2.75, 3.05) is 26.0 Å². The third-order valence-corrected chi connectivity index (χ3v) is 5.05. The Kier molecular flexibility index (Phi) is 6.67. The number of carbonyl (C=O) groups is 1. The molecule has 1 aliphatic rings. The van der Waals surface area contributed by atoms with Crippen LogP contribution in [0.15, 0.2) is 23.2 Å². The number of nitrogens with one attached hydrogen (secondary N) is 3. The molecule has 6 nitrogen and oxygen atoms in total. The average Bonchev–Trinajstić information content (AvgIpc) is 2.56. The Morgan fingerprint density at radius 3 is 2.60 bits per heavy atom. The smallest absolute Gasteiger partial charge is 0.221 e. The van der Waals surface area contributed by atoms with Crippen molar-refractivity contribution in [3.05, 3.63) is 23.8 Å². The van der Waals surface area contributed by atoms with Gasteiger partial charge in [-0.05, 0) is 42.4 Å². The monoisotopic (exact) mass is 346 g/mol. The molecule has 0 unspecified atom stereocenters. The van der Waals surface area contributed by atoms with E-state index in [0.29, 0.717) is 23.4 Å². The summed E-state index contributed by atoms with van der Waals surface area (Å²) in [6, 6.07) is 5.75. The number of aliphatic imine (C=N–C) groups is 1. The first-order valence-electron chi connectivity index (χ1n) is 8.91. The lowest BCUT2D eigenvalue weighted by atomic mass is 9.67. The second-order valence-corrected chi connectivity index (χ2v) is 6.70.